The van der Waals surface area contributed by atoms with Gasteiger partial charge in [-0.15, -0.1) is 0 Å². The van der Waals surface area contributed by atoms with Crippen molar-refractivity contribution in [3.63, 3.8) is 0 Å². The minimum Gasteiger partial charge on any atom is -0.396 e. The van der Waals surface area contributed by atoms with Crippen LogP contribution in [0.5, 0.6) is 0 Å². The highest BCUT2D eigenvalue weighted by Gasteiger charge is 2.72. The van der Waals surface area contributed by atoms with Gasteiger partial charge in [-0.25, -0.2) is 0 Å². The molecule has 0 bridgehead atoms. The Morgan fingerprint density at radius 3 is 1.98 bits per heavy atom. The highest BCUT2D eigenvalue weighted by atomic mass is 16.8. The Kier molecular flexibility index (Phi) is 13.5. The molecule has 3 aliphatic heterocycles. The van der Waals surface area contributed by atoms with E-state index in [-0.39, 0.29) is 41.1 Å². The smallest absolute Gasteiger partial charge is 0.187 e. The van der Waals surface area contributed by atoms with Crippen molar-refractivity contribution in [1.29, 1.82) is 0 Å². The van der Waals surface area contributed by atoms with Crippen molar-refractivity contribution in [3.8, 4) is 0 Å². The molecular weight excluding hydrogens is 836 g/mol. The minimum atomic E-state index is -1.81. The van der Waals surface area contributed by atoms with Gasteiger partial charge in [-0.05, 0) is 97.2 Å². The Hall–Kier alpha value is -0.940. The van der Waals surface area contributed by atoms with Gasteiger partial charge in [0.15, 0.2) is 18.9 Å². The number of allylic oxidation sites excluding steroid dienone is 1. The summed E-state index contributed by atoms with van der Waals surface area (Å²) in [5.41, 5.74) is -1.16. The topological polar surface area (TPSA) is 278 Å². The molecule has 0 amide bonds. The molecule has 26 unspecified atom stereocenters. The van der Waals surface area contributed by atoms with Crippen LogP contribution in [0.1, 0.15) is 100 Å². The fraction of sp³-hybridized carbons (Fsp3) is 0.957. The third-order valence-electron chi connectivity index (χ3n) is 19.4. The summed E-state index contributed by atoms with van der Waals surface area (Å²) >= 11 is 0. The Bertz CT molecular complexity index is 1700. The van der Waals surface area contributed by atoms with Crippen LogP contribution >= 0.6 is 0 Å². The van der Waals surface area contributed by atoms with E-state index < -0.39 is 134 Å². The van der Waals surface area contributed by atoms with Crippen LogP contribution in [0, 0.1) is 56.7 Å². The molecule has 4 saturated carbocycles. The second-order valence-electron chi connectivity index (χ2n) is 22.7. The summed E-state index contributed by atoms with van der Waals surface area (Å²) in [4.78, 5) is 0. The van der Waals surface area contributed by atoms with E-state index in [1.807, 2.05) is 0 Å². The average Bonchev–Trinajstić information content (AvgIpc) is 3.23. The number of ether oxygens (including phenoxy) is 6. The molecule has 0 aromatic heterocycles. The monoisotopic (exact) mass is 915 g/mol. The number of aliphatic hydroxyl groups is 11. The Labute approximate surface area is 376 Å². The Morgan fingerprint density at radius 2 is 1.33 bits per heavy atom. The van der Waals surface area contributed by atoms with Crippen LogP contribution < -0.4 is 0 Å². The summed E-state index contributed by atoms with van der Waals surface area (Å²) in [6, 6.07) is 0. The van der Waals surface area contributed by atoms with Gasteiger partial charge in [-0.2, -0.15) is 0 Å². The summed E-state index contributed by atoms with van der Waals surface area (Å²) in [5, 5.41) is 122. The molecule has 17 heteroatoms. The lowest BCUT2D eigenvalue weighted by molar-refractivity contribution is -0.393. The molecule has 3 saturated heterocycles. The van der Waals surface area contributed by atoms with Gasteiger partial charge in [0.2, 0.25) is 0 Å². The standard InChI is InChI=1S/C47H78O17/c1-20-9-14-47(19-49)28(52)16-46(8)23(30(47)21(20)2)15-24(50)39-44(6)12-11-29(43(4,5)27(44)10-13-45(39,46)7)62-41-37(34(56)31(53)22(3)60-41)64-42-38(35(57)33(55)26(17-48)61-42)63-40-36(58)32(54)25(51)18-59-40/h15,20-22,24-42,48-58H,9-14,16-19H2,1-8H3. The number of hydrogen-bond donors (Lipinski definition) is 11. The number of fused-ring (bicyclic) bond motifs is 7. The van der Waals surface area contributed by atoms with E-state index >= 15 is 0 Å². The van der Waals surface area contributed by atoms with Crippen LogP contribution in [0.2, 0.25) is 0 Å². The molecule has 0 radical (unpaired) electrons. The molecule has 0 aromatic rings. The van der Waals surface area contributed by atoms with E-state index in [1.54, 1.807) is 6.92 Å². The van der Waals surface area contributed by atoms with Crippen molar-refractivity contribution < 1.29 is 84.6 Å². The highest BCUT2D eigenvalue weighted by Crippen LogP contribution is 2.76. The van der Waals surface area contributed by atoms with E-state index in [4.69, 9.17) is 28.4 Å². The normalized spacial score (nSPS) is 57.4. The zero-order valence-corrected chi connectivity index (χ0v) is 38.7. The zero-order chi connectivity index (χ0) is 46.8. The van der Waals surface area contributed by atoms with Crippen LogP contribution in [0.3, 0.4) is 0 Å². The third-order valence-corrected chi connectivity index (χ3v) is 19.4. The molecule has 11 N–H and O–H groups in total. The molecule has 17 nitrogen and oxygen atoms in total. The number of aliphatic hydroxyl groups excluding tert-OH is 11. The lowest BCUT2D eigenvalue weighted by Gasteiger charge is -2.73. The van der Waals surface area contributed by atoms with Crippen molar-refractivity contribution in [3.05, 3.63) is 11.6 Å². The number of hydrogen-bond acceptors (Lipinski definition) is 17. The Morgan fingerprint density at radius 1 is 0.688 bits per heavy atom. The molecule has 0 spiro atoms. The second kappa shape index (κ2) is 17.5. The molecule has 0 aromatic carbocycles. The lowest BCUT2D eigenvalue weighted by atomic mass is 9.32. The van der Waals surface area contributed by atoms with Gasteiger partial charge in [0.25, 0.3) is 0 Å². The maximum absolute atomic E-state index is 12.6. The summed E-state index contributed by atoms with van der Waals surface area (Å²) in [6.07, 6.45) is -16.3. The minimum absolute atomic E-state index is 0.0387. The SMILES string of the molecule is CC1CCC2(CO)C(O)CC3(C)C(=CC(O)C4C5(C)CCC(OC6OC(C)C(O)C(O)C6OC6OC(CO)C(O)C(O)C6OC6OCC(O)C(O)C6O)C(C)(C)C5CCC43C)C2C1C. The molecule has 26 atom stereocenters. The van der Waals surface area contributed by atoms with Crippen molar-refractivity contribution in [2.45, 2.75) is 205 Å². The first-order valence-corrected chi connectivity index (χ1v) is 23.9. The van der Waals surface area contributed by atoms with Gasteiger partial charge in [-0.3, -0.25) is 0 Å². The molecule has 8 rings (SSSR count). The quantitative estimate of drug-likeness (QED) is 0.114. The lowest BCUT2D eigenvalue weighted by Crippen LogP contribution is -2.70. The zero-order valence-electron chi connectivity index (χ0n) is 38.7. The van der Waals surface area contributed by atoms with Crippen molar-refractivity contribution in [2.75, 3.05) is 19.8 Å². The largest absolute Gasteiger partial charge is 0.396 e. The van der Waals surface area contributed by atoms with Gasteiger partial charge < -0.3 is 84.6 Å². The van der Waals surface area contributed by atoms with E-state index in [2.05, 4.69) is 54.5 Å². The molecule has 368 valence electrons. The van der Waals surface area contributed by atoms with Gasteiger partial charge in [-0.1, -0.05) is 60.1 Å². The van der Waals surface area contributed by atoms with Gasteiger partial charge in [0, 0.05) is 11.3 Å². The van der Waals surface area contributed by atoms with Crippen LogP contribution in [-0.4, -0.2) is 180 Å². The van der Waals surface area contributed by atoms with Crippen LogP contribution in [-0.2, 0) is 28.4 Å². The van der Waals surface area contributed by atoms with Crippen molar-refractivity contribution in [2.24, 2.45) is 56.7 Å². The number of rotatable bonds is 8. The van der Waals surface area contributed by atoms with E-state index in [0.29, 0.717) is 25.2 Å². The Balaban J connectivity index is 1.06. The maximum Gasteiger partial charge on any atom is 0.187 e. The molecule has 5 aliphatic carbocycles. The summed E-state index contributed by atoms with van der Waals surface area (Å²) in [7, 11) is 0. The summed E-state index contributed by atoms with van der Waals surface area (Å²) < 4.78 is 36.6. The van der Waals surface area contributed by atoms with Gasteiger partial charge in [0.05, 0.1) is 44.2 Å². The molecule has 8 aliphatic rings. The third kappa shape index (κ3) is 7.35. The molecule has 7 fully saturated rings. The second-order valence-corrected chi connectivity index (χ2v) is 22.7. The van der Waals surface area contributed by atoms with Gasteiger partial charge >= 0.3 is 0 Å². The predicted molar refractivity (Wildman–Crippen MR) is 225 cm³/mol. The van der Waals surface area contributed by atoms with Crippen molar-refractivity contribution >= 4 is 0 Å². The van der Waals surface area contributed by atoms with Gasteiger partial charge in [0.1, 0.15) is 61.0 Å². The van der Waals surface area contributed by atoms with Crippen LogP contribution in [0.4, 0.5) is 0 Å². The first kappa shape index (κ1) is 49.5. The predicted octanol–water partition coefficient (Wildman–Crippen LogP) is 0.0781. The average molecular weight is 915 g/mol. The van der Waals surface area contributed by atoms with Crippen molar-refractivity contribution in [1.82, 2.24) is 0 Å². The van der Waals surface area contributed by atoms with Crippen LogP contribution in [0.25, 0.3) is 0 Å². The molecule has 64 heavy (non-hydrogen) atoms. The van der Waals surface area contributed by atoms with E-state index in [9.17, 15) is 56.2 Å². The first-order valence-electron chi connectivity index (χ1n) is 23.9. The van der Waals surface area contributed by atoms with E-state index in [1.165, 1.54) is 5.57 Å². The maximum atomic E-state index is 12.6. The van der Waals surface area contributed by atoms with Crippen LogP contribution in [0.15, 0.2) is 11.6 Å². The summed E-state index contributed by atoms with van der Waals surface area (Å²) in [5.74, 6) is 0.471. The molecule has 3 heterocycles. The van der Waals surface area contributed by atoms with E-state index in [0.717, 1.165) is 25.7 Å². The fourth-order valence-corrected chi connectivity index (χ4v) is 15.2. The highest BCUT2D eigenvalue weighted by molar-refractivity contribution is 5.37. The summed E-state index contributed by atoms with van der Waals surface area (Å²) in [6.45, 7) is 16.1. The molecular formula is C47H78O17. The first-order chi connectivity index (χ1) is 29.9. The fourth-order valence-electron chi connectivity index (χ4n) is 15.2.